The lowest BCUT2D eigenvalue weighted by atomic mass is 10.0. The van der Waals surface area contributed by atoms with Crippen molar-refractivity contribution in [3.05, 3.63) is 53.9 Å². The molecule has 2 aromatic rings. The summed E-state index contributed by atoms with van der Waals surface area (Å²) in [6.45, 7) is 2.44. The van der Waals surface area contributed by atoms with E-state index in [1.807, 2.05) is 12.1 Å². The van der Waals surface area contributed by atoms with Gasteiger partial charge in [-0.15, -0.1) is 0 Å². The van der Waals surface area contributed by atoms with E-state index in [0.29, 0.717) is 24.3 Å². The van der Waals surface area contributed by atoms with E-state index in [2.05, 4.69) is 10.3 Å². The van der Waals surface area contributed by atoms with Gasteiger partial charge < -0.3 is 10.1 Å². The van der Waals surface area contributed by atoms with Gasteiger partial charge in [-0.2, -0.15) is 0 Å². The molecule has 114 valence electrons. The number of nitrogens with one attached hydrogen (secondary N) is 1. The molecule has 5 nitrogen and oxygen atoms in total. The molecule has 2 rings (SSSR count). The van der Waals surface area contributed by atoms with Crippen LogP contribution in [0.1, 0.15) is 27.6 Å². The van der Waals surface area contributed by atoms with E-state index in [1.165, 1.54) is 13.1 Å². The molecule has 0 fully saturated rings. The summed E-state index contributed by atoms with van der Waals surface area (Å²) in [5.41, 5.74) is 2.88. The van der Waals surface area contributed by atoms with Crippen LogP contribution in [-0.4, -0.2) is 36.9 Å². The Morgan fingerprint density at radius 2 is 1.82 bits per heavy atom. The lowest BCUT2D eigenvalue weighted by Crippen LogP contribution is -2.27. The molecule has 0 spiro atoms. The zero-order chi connectivity index (χ0) is 15.9. The van der Waals surface area contributed by atoms with E-state index in [4.69, 9.17) is 4.74 Å². The number of carbonyl (C=O) groups excluding carboxylic acids is 2. The number of hydrogen-bond acceptors (Lipinski definition) is 4. The molecule has 0 radical (unpaired) electrons. The van der Waals surface area contributed by atoms with Crippen LogP contribution in [0.5, 0.6) is 0 Å². The molecule has 1 amide bonds. The van der Waals surface area contributed by atoms with Crippen molar-refractivity contribution in [3.8, 4) is 11.1 Å². The Hall–Kier alpha value is -2.53. The van der Waals surface area contributed by atoms with Crippen LogP contribution in [0.3, 0.4) is 0 Å². The van der Waals surface area contributed by atoms with Crippen LogP contribution in [0.4, 0.5) is 0 Å². The summed E-state index contributed by atoms with van der Waals surface area (Å²) in [4.78, 5) is 27.4. The Kier molecular flexibility index (Phi) is 5.38. The van der Waals surface area contributed by atoms with E-state index >= 15 is 0 Å². The average molecular weight is 298 g/mol. The highest BCUT2D eigenvalue weighted by Gasteiger charge is 2.08. The Labute approximate surface area is 129 Å². The number of ether oxygens (including phenoxy) is 1. The zero-order valence-electron chi connectivity index (χ0n) is 12.6. The fraction of sp³-hybridized carbons (Fsp3) is 0.235. The molecular weight excluding hydrogens is 280 g/mol. The van der Waals surface area contributed by atoms with E-state index in [-0.39, 0.29) is 11.7 Å². The second-order valence-electron chi connectivity index (χ2n) is 4.84. The summed E-state index contributed by atoms with van der Waals surface area (Å²) >= 11 is 0. The van der Waals surface area contributed by atoms with Crippen molar-refractivity contribution in [2.45, 2.75) is 6.92 Å². The fourth-order valence-electron chi connectivity index (χ4n) is 1.99. The molecule has 0 bridgehead atoms. The Balaban J connectivity index is 2.17. The Bertz CT molecular complexity index is 666. The van der Waals surface area contributed by atoms with Gasteiger partial charge in [-0.25, -0.2) is 0 Å². The number of pyridine rings is 1. The number of Topliss-reactive ketones (excluding diaryl/α,β-unsaturated/α-hetero) is 1. The summed E-state index contributed by atoms with van der Waals surface area (Å²) < 4.78 is 4.89. The summed E-state index contributed by atoms with van der Waals surface area (Å²) in [6.07, 6.45) is 3.21. The number of methoxy groups -OCH3 is 1. The first-order chi connectivity index (χ1) is 10.6. The molecule has 0 saturated carbocycles. The number of benzene rings is 1. The predicted octanol–water partition coefficient (Wildman–Crippen LogP) is 2.33. The quantitative estimate of drug-likeness (QED) is 0.656. The number of amides is 1. The molecule has 22 heavy (non-hydrogen) atoms. The molecule has 1 N–H and O–H groups in total. The Morgan fingerprint density at radius 1 is 1.09 bits per heavy atom. The first kappa shape index (κ1) is 15.9. The molecule has 0 aliphatic heterocycles. The first-order valence-electron chi connectivity index (χ1n) is 6.95. The topological polar surface area (TPSA) is 68.3 Å². The highest BCUT2D eigenvalue weighted by molar-refractivity contribution is 5.96. The van der Waals surface area contributed by atoms with Crippen molar-refractivity contribution in [3.63, 3.8) is 0 Å². The van der Waals surface area contributed by atoms with Gasteiger partial charge >= 0.3 is 0 Å². The predicted molar refractivity (Wildman–Crippen MR) is 83.9 cm³/mol. The lowest BCUT2D eigenvalue weighted by Gasteiger charge is -2.07. The minimum absolute atomic E-state index is 0.0240. The molecule has 5 heteroatoms. The van der Waals surface area contributed by atoms with E-state index < -0.39 is 0 Å². The number of nitrogens with zero attached hydrogens (tertiary/aromatic N) is 1. The van der Waals surface area contributed by atoms with Gasteiger partial charge in [0, 0.05) is 37.2 Å². The van der Waals surface area contributed by atoms with E-state index in [0.717, 1.165) is 11.1 Å². The summed E-state index contributed by atoms with van der Waals surface area (Å²) in [5.74, 6) is -0.164. The van der Waals surface area contributed by atoms with Crippen molar-refractivity contribution in [1.29, 1.82) is 0 Å². The largest absolute Gasteiger partial charge is 0.383 e. The minimum atomic E-state index is -0.188. The lowest BCUT2D eigenvalue weighted by molar-refractivity contribution is 0.0936. The van der Waals surface area contributed by atoms with Gasteiger partial charge in [0.05, 0.1) is 12.2 Å². The van der Waals surface area contributed by atoms with Gasteiger partial charge in [-0.1, -0.05) is 24.3 Å². The molecule has 0 aliphatic rings. The minimum Gasteiger partial charge on any atom is -0.383 e. The third kappa shape index (κ3) is 3.99. The highest BCUT2D eigenvalue weighted by Crippen LogP contribution is 2.20. The van der Waals surface area contributed by atoms with Crippen molar-refractivity contribution in [2.24, 2.45) is 0 Å². The van der Waals surface area contributed by atoms with Crippen LogP contribution < -0.4 is 5.32 Å². The second-order valence-corrected chi connectivity index (χ2v) is 4.84. The molecule has 1 aromatic heterocycles. The maximum atomic E-state index is 12.0. The third-order valence-corrected chi connectivity index (χ3v) is 3.22. The van der Waals surface area contributed by atoms with Crippen LogP contribution >= 0.6 is 0 Å². The molecule has 0 aliphatic carbocycles. The number of aromatic nitrogens is 1. The van der Waals surface area contributed by atoms with Crippen LogP contribution in [0.15, 0.2) is 42.7 Å². The number of hydrogen-bond donors (Lipinski definition) is 1. The SMILES string of the molecule is COCCNC(=O)c1cncc(-c2ccc(C(C)=O)cc2)c1. The van der Waals surface area contributed by atoms with Gasteiger partial charge in [-0.05, 0) is 18.6 Å². The number of carbonyl (C=O) groups is 2. The van der Waals surface area contributed by atoms with Gasteiger partial charge in [0.1, 0.15) is 0 Å². The van der Waals surface area contributed by atoms with E-state index in [1.54, 1.807) is 31.5 Å². The highest BCUT2D eigenvalue weighted by atomic mass is 16.5. The normalized spacial score (nSPS) is 10.3. The van der Waals surface area contributed by atoms with Crippen LogP contribution in [0.25, 0.3) is 11.1 Å². The number of rotatable bonds is 6. The fourth-order valence-corrected chi connectivity index (χ4v) is 1.99. The van der Waals surface area contributed by atoms with Crippen molar-refractivity contribution in [1.82, 2.24) is 10.3 Å². The van der Waals surface area contributed by atoms with Crippen LogP contribution in [0, 0.1) is 0 Å². The van der Waals surface area contributed by atoms with Gasteiger partial charge in [-0.3, -0.25) is 14.6 Å². The smallest absolute Gasteiger partial charge is 0.252 e. The van der Waals surface area contributed by atoms with Gasteiger partial charge in [0.15, 0.2) is 5.78 Å². The second kappa shape index (κ2) is 7.47. The summed E-state index contributed by atoms with van der Waals surface area (Å²) in [5, 5.41) is 2.75. The van der Waals surface area contributed by atoms with Crippen LogP contribution in [-0.2, 0) is 4.74 Å². The van der Waals surface area contributed by atoms with Crippen molar-refractivity contribution < 1.29 is 14.3 Å². The molecule has 0 unspecified atom stereocenters. The maximum Gasteiger partial charge on any atom is 0.252 e. The number of ketones is 1. The summed E-state index contributed by atoms with van der Waals surface area (Å²) in [6, 6.07) is 9.00. The third-order valence-electron chi connectivity index (χ3n) is 3.22. The van der Waals surface area contributed by atoms with Gasteiger partial charge in [0.2, 0.25) is 0 Å². The molecule has 1 heterocycles. The molecule has 0 atom stereocenters. The standard InChI is InChI=1S/C17H18N2O3/c1-12(20)13-3-5-14(6-4-13)15-9-16(11-18-10-15)17(21)19-7-8-22-2/h3-6,9-11H,7-8H2,1-2H3,(H,19,21). The summed E-state index contributed by atoms with van der Waals surface area (Å²) in [7, 11) is 1.58. The molecular formula is C17H18N2O3. The Morgan fingerprint density at radius 3 is 2.45 bits per heavy atom. The maximum absolute atomic E-state index is 12.0. The zero-order valence-corrected chi connectivity index (χ0v) is 12.6. The molecule has 0 saturated heterocycles. The van der Waals surface area contributed by atoms with Crippen LogP contribution in [0.2, 0.25) is 0 Å². The molecule has 1 aromatic carbocycles. The van der Waals surface area contributed by atoms with E-state index in [9.17, 15) is 9.59 Å². The van der Waals surface area contributed by atoms with Gasteiger partial charge in [0.25, 0.3) is 5.91 Å². The first-order valence-corrected chi connectivity index (χ1v) is 6.95. The van der Waals surface area contributed by atoms with Crippen molar-refractivity contribution in [2.75, 3.05) is 20.3 Å². The average Bonchev–Trinajstić information content (AvgIpc) is 2.55. The monoisotopic (exact) mass is 298 g/mol. The van der Waals surface area contributed by atoms with Crippen molar-refractivity contribution >= 4 is 11.7 Å².